The summed E-state index contributed by atoms with van der Waals surface area (Å²) in [5.41, 5.74) is 2.98. The Morgan fingerprint density at radius 1 is 1.18 bits per heavy atom. The van der Waals surface area contributed by atoms with E-state index < -0.39 is 60.1 Å². The third-order valence-electron chi connectivity index (χ3n) is 6.27. The zero-order valence-electron chi connectivity index (χ0n) is 20.8. The van der Waals surface area contributed by atoms with E-state index >= 15 is 0 Å². The molecule has 0 spiro atoms. The van der Waals surface area contributed by atoms with E-state index in [-0.39, 0.29) is 17.9 Å². The number of nitrogens with one attached hydrogen (secondary N) is 1. The second-order valence-electron chi connectivity index (χ2n) is 9.27. The zero-order valence-corrected chi connectivity index (χ0v) is 20.8. The number of carbonyl (C=O) groups is 1. The molecule has 0 radical (unpaired) electrons. The summed E-state index contributed by atoms with van der Waals surface area (Å²) in [5.74, 6) is -5.11. The van der Waals surface area contributed by atoms with Gasteiger partial charge >= 0.3 is 0 Å². The van der Waals surface area contributed by atoms with E-state index in [1.54, 1.807) is 19.0 Å². The highest BCUT2D eigenvalue weighted by atomic mass is 19.2. The van der Waals surface area contributed by atoms with E-state index in [9.17, 15) is 23.1 Å². The third-order valence-corrected chi connectivity index (χ3v) is 6.27. The van der Waals surface area contributed by atoms with Crippen molar-refractivity contribution in [2.75, 3.05) is 20.7 Å². The minimum absolute atomic E-state index is 0.00583. The van der Waals surface area contributed by atoms with Crippen LogP contribution in [0.2, 0.25) is 0 Å². The lowest BCUT2D eigenvalue weighted by Gasteiger charge is -2.47. The molecule has 206 valence electrons. The first-order valence-electron chi connectivity index (χ1n) is 11.9. The number of carbonyl (C=O) groups excluding carboxylic acids is 1. The SMILES string of the molecule is CN(C)C=NNC(=O)[C@@H]1O[C@@H]2COC(c3ccccc3)O[C@@H]2[C@H](n2cc(-c3cc(F)c(F)c(F)c3)nn2)[C@H]1O. The van der Waals surface area contributed by atoms with Crippen LogP contribution in [0.3, 0.4) is 0 Å². The fourth-order valence-electron chi connectivity index (χ4n) is 4.44. The van der Waals surface area contributed by atoms with Crippen molar-refractivity contribution < 1.29 is 37.3 Å². The largest absolute Gasteiger partial charge is 0.387 e. The first kappa shape index (κ1) is 26.7. The van der Waals surface area contributed by atoms with Crippen molar-refractivity contribution in [2.45, 2.75) is 36.7 Å². The van der Waals surface area contributed by atoms with Crippen molar-refractivity contribution in [3.05, 3.63) is 71.7 Å². The lowest BCUT2D eigenvalue weighted by molar-refractivity contribution is -0.312. The van der Waals surface area contributed by atoms with Crippen molar-refractivity contribution in [1.82, 2.24) is 25.3 Å². The van der Waals surface area contributed by atoms with Crippen LogP contribution in [0.5, 0.6) is 0 Å². The quantitative estimate of drug-likeness (QED) is 0.208. The summed E-state index contributed by atoms with van der Waals surface area (Å²) >= 11 is 0. The van der Waals surface area contributed by atoms with Gasteiger partial charge in [0.2, 0.25) is 0 Å². The molecule has 3 heterocycles. The minimum atomic E-state index is -1.61. The van der Waals surface area contributed by atoms with Crippen LogP contribution in [0.15, 0.2) is 53.8 Å². The molecule has 14 heteroatoms. The molecule has 1 unspecified atom stereocenters. The number of hydrogen-bond acceptors (Lipinski definition) is 8. The van der Waals surface area contributed by atoms with Gasteiger partial charge in [0.15, 0.2) is 29.8 Å². The standard InChI is InChI=1S/C25H25F3N6O5/c1-33(2)12-29-31-24(36)23-21(35)20(22-18(38-23)11-37-25(39-22)13-6-4-3-5-7-13)34-10-17(30-32-34)14-8-15(26)19(28)16(27)9-14/h3-10,12,18,20-23,25,35H,11H2,1-2H3,(H,31,36)/t18-,20-,21-,22+,23-,25?/m1/s1. The Balaban J connectivity index is 1.47. The number of aromatic nitrogens is 3. The Morgan fingerprint density at radius 2 is 1.90 bits per heavy atom. The predicted octanol–water partition coefficient (Wildman–Crippen LogP) is 1.77. The summed E-state index contributed by atoms with van der Waals surface area (Å²) in [4.78, 5) is 14.5. The van der Waals surface area contributed by atoms with Gasteiger partial charge in [-0.25, -0.2) is 23.3 Å². The van der Waals surface area contributed by atoms with Crippen molar-refractivity contribution in [2.24, 2.45) is 5.10 Å². The molecule has 39 heavy (non-hydrogen) atoms. The fourth-order valence-corrected chi connectivity index (χ4v) is 4.44. The number of nitrogens with zero attached hydrogens (tertiary/aromatic N) is 5. The Hall–Kier alpha value is -3.85. The van der Waals surface area contributed by atoms with Gasteiger partial charge in [-0.2, -0.15) is 5.10 Å². The summed E-state index contributed by atoms with van der Waals surface area (Å²) in [6.07, 6.45) is -2.71. The first-order chi connectivity index (χ1) is 18.7. The number of aliphatic hydroxyl groups is 1. The topological polar surface area (TPSA) is 123 Å². The Bertz CT molecular complexity index is 1330. The number of hydrogen-bond donors (Lipinski definition) is 2. The van der Waals surface area contributed by atoms with Crippen LogP contribution in [-0.4, -0.2) is 82.4 Å². The fraction of sp³-hybridized carbons (Fsp3) is 0.360. The van der Waals surface area contributed by atoms with E-state index in [0.29, 0.717) is 0 Å². The van der Waals surface area contributed by atoms with Crippen molar-refractivity contribution in [3.63, 3.8) is 0 Å². The molecule has 0 aliphatic carbocycles. The first-order valence-corrected chi connectivity index (χ1v) is 11.9. The van der Waals surface area contributed by atoms with Gasteiger partial charge in [-0.15, -0.1) is 5.10 Å². The second kappa shape index (κ2) is 11.1. The van der Waals surface area contributed by atoms with Crippen LogP contribution >= 0.6 is 0 Å². The smallest absolute Gasteiger partial charge is 0.272 e. The molecule has 2 aromatic carbocycles. The number of aliphatic hydroxyl groups excluding tert-OH is 1. The van der Waals surface area contributed by atoms with E-state index in [0.717, 1.165) is 17.7 Å². The maximum atomic E-state index is 13.8. The van der Waals surface area contributed by atoms with Gasteiger partial charge in [0.25, 0.3) is 5.91 Å². The normalized spacial score (nSPS) is 26.8. The molecular weight excluding hydrogens is 521 g/mol. The van der Waals surface area contributed by atoms with Gasteiger partial charge in [0.05, 0.1) is 12.8 Å². The highest BCUT2D eigenvalue weighted by molar-refractivity contribution is 5.82. The van der Waals surface area contributed by atoms with Crippen LogP contribution in [-0.2, 0) is 19.0 Å². The van der Waals surface area contributed by atoms with Crippen LogP contribution < -0.4 is 5.43 Å². The lowest BCUT2D eigenvalue weighted by Crippen LogP contribution is -2.62. The van der Waals surface area contributed by atoms with Gasteiger partial charge in [-0.3, -0.25) is 4.79 Å². The second-order valence-corrected chi connectivity index (χ2v) is 9.27. The summed E-state index contributed by atoms with van der Waals surface area (Å²) in [6, 6.07) is 9.62. The molecular formula is C25H25F3N6O5. The third kappa shape index (κ3) is 5.49. The highest BCUT2D eigenvalue weighted by Gasteiger charge is 2.53. The van der Waals surface area contributed by atoms with Crippen LogP contribution in [0.1, 0.15) is 17.9 Å². The zero-order chi connectivity index (χ0) is 27.7. The highest BCUT2D eigenvalue weighted by Crippen LogP contribution is 2.39. The van der Waals surface area contributed by atoms with Gasteiger partial charge in [0.1, 0.15) is 36.4 Å². The summed E-state index contributed by atoms with van der Waals surface area (Å²) in [5, 5.41) is 23.1. The van der Waals surface area contributed by atoms with Crippen molar-refractivity contribution in [1.29, 1.82) is 0 Å². The van der Waals surface area contributed by atoms with E-state index in [4.69, 9.17) is 14.2 Å². The number of benzene rings is 2. The number of halogens is 3. The maximum Gasteiger partial charge on any atom is 0.272 e. The van der Waals surface area contributed by atoms with Gasteiger partial charge in [0, 0.05) is 25.2 Å². The Kier molecular flexibility index (Phi) is 7.61. The van der Waals surface area contributed by atoms with Crippen molar-refractivity contribution in [3.8, 4) is 11.3 Å². The average Bonchev–Trinajstić information content (AvgIpc) is 3.41. The van der Waals surface area contributed by atoms with E-state index in [2.05, 4.69) is 20.8 Å². The molecule has 2 saturated heterocycles. The van der Waals surface area contributed by atoms with Gasteiger partial charge in [-0.1, -0.05) is 35.5 Å². The summed E-state index contributed by atoms with van der Waals surface area (Å²) < 4.78 is 60.3. The lowest BCUT2D eigenvalue weighted by atomic mass is 9.91. The Morgan fingerprint density at radius 3 is 2.59 bits per heavy atom. The molecule has 0 saturated carbocycles. The number of ether oxygens (including phenoxy) is 3. The molecule has 1 aromatic heterocycles. The molecule has 1 amide bonds. The molecule has 2 aliphatic rings. The molecule has 0 bridgehead atoms. The van der Waals surface area contributed by atoms with Crippen LogP contribution in [0.4, 0.5) is 13.2 Å². The van der Waals surface area contributed by atoms with Crippen molar-refractivity contribution >= 4 is 12.2 Å². The number of hydrazone groups is 1. The molecule has 2 aliphatic heterocycles. The average molecular weight is 547 g/mol. The van der Waals surface area contributed by atoms with Gasteiger partial charge < -0.3 is 24.2 Å². The molecule has 5 rings (SSSR count). The molecule has 6 atom stereocenters. The number of rotatable bonds is 6. The predicted molar refractivity (Wildman–Crippen MR) is 129 cm³/mol. The van der Waals surface area contributed by atoms with Crippen LogP contribution in [0.25, 0.3) is 11.3 Å². The van der Waals surface area contributed by atoms with Crippen LogP contribution in [0, 0.1) is 17.5 Å². The van der Waals surface area contributed by atoms with Gasteiger partial charge in [-0.05, 0) is 12.1 Å². The number of fused-ring (bicyclic) bond motifs is 1. The summed E-state index contributed by atoms with van der Waals surface area (Å²) in [6.45, 7) is 0.0220. The maximum absolute atomic E-state index is 13.8. The summed E-state index contributed by atoms with van der Waals surface area (Å²) in [7, 11) is 3.42. The molecule has 3 aromatic rings. The Labute approximate surface area is 220 Å². The minimum Gasteiger partial charge on any atom is -0.387 e. The van der Waals surface area contributed by atoms with E-state index in [1.807, 2.05) is 30.3 Å². The monoisotopic (exact) mass is 546 g/mol. The molecule has 2 N–H and O–H groups in total. The number of amides is 1. The van der Waals surface area contributed by atoms with E-state index in [1.165, 1.54) is 17.2 Å². The molecule has 11 nitrogen and oxygen atoms in total. The molecule has 2 fully saturated rings.